The zero-order valence-corrected chi connectivity index (χ0v) is 16.5. The van der Waals surface area contributed by atoms with Crippen molar-refractivity contribution in [2.75, 3.05) is 6.61 Å². The third-order valence-electron chi connectivity index (χ3n) is 5.23. The Morgan fingerprint density at radius 1 is 1.35 bits per heavy atom. The Hall–Kier alpha value is -1.64. The van der Waals surface area contributed by atoms with E-state index in [2.05, 4.69) is 17.0 Å². The van der Waals surface area contributed by atoms with Crippen molar-refractivity contribution in [3.05, 3.63) is 59.5 Å². The first-order chi connectivity index (χ1) is 12.5. The number of hydrogen-bond acceptors (Lipinski definition) is 4. The number of thioether (sulfide) groups is 1. The van der Waals surface area contributed by atoms with Gasteiger partial charge in [-0.2, -0.15) is 0 Å². The van der Waals surface area contributed by atoms with E-state index in [4.69, 9.17) is 23.5 Å². The fraction of sp³-hybridized carbons (Fsp3) is 0.476. The molecule has 5 heteroatoms. The van der Waals surface area contributed by atoms with Crippen LogP contribution in [-0.2, 0) is 9.53 Å². The van der Waals surface area contributed by atoms with Gasteiger partial charge in [0, 0.05) is 13.3 Å². The van der Waals surface area contributed by atoms with E-state index < -0.39 is 4.87 Å². The highest BCUT2D eigenvalue weighted by Crippen LogP contribution is 2.43. The highest BCUT2D eigenvalue weighted by molar-refractivity contribution is 8.24. The van der Waals surface area contributed by atoms with Gasteiger partial charge in [0.05, 0.1) is 17.2 Å². The third kappa shape index (κ3) is 4.75. The van der Waals surface area contributed by atoms with E-state index in [9.17, 15) is 4.79 Å². The molecule has 2 aliphatic carbocycles. The number of hydrogen-bond donors (Lipinski definition) is 0. The monoisotopic (exact) mass is 385 g/mol. The predicted octanol–water partition coefficient (Wildman–Crippen LogP) is 5.27. The van der Waals surface area contributed by atoms with Crippen molar-refractivity contribution in [2.45, 2.75) is 37.5 Å². The summed E-state index contributed by atoms with van der Waals surface area (Å²) in [5, 5.41) is 0. The van der Waals surface area contributed by atoms with Gasteiger partial charge in [0.25, 0.3) is 4.87 Å². The summed E-state index contributed by atoms with van der Waals surface area (Å²) in [5.74, 6) is 1.53. The first kappa shape index (κ1) is 19.1. The molecule has 2 bridgehead atoms. The number of fused-ring (bicyclic) bond motifs is 2. The van der Waals surface area contributed by atoms with Crippen molar-refractivity contribution in [3.8, 4) is 0 Å². The topological polar surface area (TPSA) is 30.7 Å². The molecule has 4 unspecified atom stereocenters. The second-order valence-corrected chi connectivity index (χ2v) is 9.42. The molecule has 3 nitrogen and oxygen atoms in total. The Bertz CT molecular complexity index is 740. The molecule has 26 heavy (non-hydrogen) atoms. The molecule has 0 N–H and O–H groups in total. The first-order valence-electron chi connectivity index (χ1n) is 9.00. The summed E-state index contributed by atoms with van der Waals surface area (Å²) in [6, 6.07) is 9.68. The molecule has 0 heterocycles. The van der Waals surface area contributed by atoms with Crippen molar-refractivity contribution in [1.29, 1.82) is 0 Å². The van der Waals surface area contributed by atoms with E-state index in [1.165, 1.54) is 18.2 Å². The molecule has 0 radical (unpaired) electrons. The smallest absolute Gasteiger partial charge is 0.306 e. The maximum atomic E-state index is 12.1. The summed E-state index contributed by atoms with van der Waals surface area (Å²) >= 11 is 6.82. The lowest BCUT2D eigenvalue weighted by Crippen LogP contribution is -2.22. The minimum absolute atomic E-state index is 0.210. The maximum Gasteiger partial charge on any atom is 0.306 e. The molecule has 4 atom stereocenters. The van der Waals surface area contributed by atoms with Crippen LogP contribution in [0.5, 0.6) is 0 Å². The zero-order valence-electron chi connectivity index (χ0n) is 14.9. The second kappa shape index (κ2) is 8.37. The molecule has 1 aromatic rings. The summed E-state index contributed by atoms with van der Waals surface area (Å²) in [7, 11) is 0. The molecule has 2 aliphatic rings. The van der Waals surface area contributed by atoms with Crippen LogP contribution in [0.3, 0.4) is 0 Å². The number of nitrogens with zero attached hydrogens (tertiary/aromatic N) is 1. The Morgan fingerprint density at radius 2 is 2.12 bits per heavy atom. The van der Waals surface area contributed by atoms with E-state index in [0.717, 1.165) is 12.0 Å². The average molecular weight is 386 g/mol. The number of rotatable bonds is 7. The molecular formula is C21H23NO2S2. The maximum absolute atomic E-state index is 12.1. The van der Waals surface area contributed by atoms with Crippen LogP contribution in [0.25, 0.3) is 4.85 Å². The summed E-state index contributed by atoms with van der Waals surface area (Å²) < 4.78 is 6.18. The van der Waals surface area contributed by atoms with Crippen LogP contribution in [0.4, 0.5) is 0 Å². The zero-order chi connectivity index (χ0) is 18.6. The quantitative estimate of drug-likeness (QED) is 0.277. The van der Waals surface area contributed by atoms with Gasteiger partial charge in [0.15, 0.2) is 0 Å². The minimum Gasteiger partial charge on any atom is -0.465 e. The fourth-order valence-electron chi connectivity index (χ4n) is 3.66. The number of carbonyl (C=O) groups excluding carboxylic acids is 1. The third-order valence-corrected chi connectivity index (χ3v) is 6.87. The lowest BCUT2D eigenvalue weighted by molar-refractivity contribution is -0.145. The van der Waals surface area contributed by atoms with Gasteiger partial charge in [-0.1, -0.05) is 54.7 Å². The lowest BCUT2D eigenvalue weighted by Gasteiger charge is -2.19. The largest absolute Gasteiger partial charge is 0.465 e. The van der Waals surface area contributed by atoms with Gasteiger partial charge in [0.1, 0.15) is 0 Å². The SMILES string of the molecule is [C-]#[N+]C(C)(CCC(=O)OCC1CC2C=CC1C2)SC(=S)c1ccccc1. The van der Waals surface area contributed by atoms with Crippen molar-refractivity contribution in [2.24, 2.45) is 17.8 Å². The predicted molar refractivity (Wildman–Crippen MR) is 110 cm³/mol. The van der Waals surface area contributed by atoms with Gasteiger partial charge in [-0.25, -0.2) is 6.57 Å². The molecular weight excluding hydrogens is 362 g/mol. The van der Waals surface area contributed by atoms with E-state index in [-0.39, 0.29) is 12.4 Å². The number of esters is 1. The van der Waals surface area contributed by atoms with Gasteiger partial charge in [0.2, 0.25) is 0 Å². The van der Waals surface area contributed by atoms with Crippen molar-refractivity contribution in [1.82, 2.24) is 0 Å². The number of ether oxygens (including phenoxy) is 1. The Labute approximate surface area is 165 Å². The van der Waals surface area contributed by atoms with Crippen molar-refractivity contribution >= 4 is 34.1 Å². The first-order valence-corrected chi connectivity index (χ1v) is 10.2. The second-order valence-electron chi connectivity index (χ2n) is 7.27. The van der Waals surface area contributed by atoms with Crippen molar-refractivity contribution in [3.63, 3.8) is 0 Å². The lowest BCUT2D eigenvalue weighted by atomic mass is 9.95. The summed E-state index contributed by atoms with van der Waals surface area (Å²) in [6.45, 7) is 9.89. The van der Waals surface area contributed by atoms with Gasteiger partial charge < -0.3 is 4.74 Å². The summed E-state index contributed by atoms with van der Waals surface area (Å²) in [6.07, 6.45) is 7.59. The molecule has 1 aromatic carbocycles. The number of benzene rings is 1. The van der Waals surface area contributed by atoms with Gasteiger partial charge in [-0.05, 0) is 47.9 Å². The molecule has 0 aliphatic heterocycles. The highest BCUT2D eigenvalue weighted by atomic mass is 32.2. The van der Waals surface area contributed by atoms with Gasteiger partial charge in [-0.3, -0.25) is 9.64 Å². The Balaban J connectivity index is 1.45. The fourth-order valence-corrected chi connectivity index (χ4v) is 5.23. The van der Waals surface area contributed by atoms with Crippen LogP contribution in [-0.4, -0.2) is 21.6 Å². The standard InChI is InChI=1S/C21H23NO2S2/c1-21(22-2,26-20(25)16-6-4-3-5-7-16)11-10-19(23)24-14-18-13-15-8-9-17(18)12-15/h3-9,15,17-18H,10-14H2,1H3. The number of thiocarbonyl (C=S) groups is 1. The van der Waals surface area contributed by atoms with E-state index in [1.54, 1.807) is 0 Å². The molecule has 3 rings (SSSR count). The Morgan fingerprint density at radius 3 is 2.73 bits per heavy atom. The van der Waals surface area contributed by atoms with E-state index >= 15 is 0 Å². The van der Waals surface area contributed by atoms with Crippen LogP contribution in [0.15, 0.2) is 42.5 Å². The molecule has 0 saturated heterocycles. The van der Waals surface area contributed by atoms with Gasteiger partial charge >= 0.3 is 5.97 Å². The van der Waals surface area contributed by atoms with Crippen LogP contribution in [0.1, 0.15) is 38.2 Å². The molecule has 0 spiro atoms. The molecule has 0 amide bonds. The van der Waals surface area contributed by atoms with Crippen LogP contribution in [0.2, 0.25) is 0 Å². The highest BCUT2D eigenvalue weighted by Gasteiger charge is 2.37. The van der Waals surface area contributed by atoms with Crippen molar-refractivity contribution < 1.29 is 9.53 Å². The van der Waals surface area contributed by atoms with Crippen LogP contribution < -0.4 is 0 Å². The van der Waals surface area contributed by atoms with Crippen LogP contribution >= 0.6 is 24.0 Å². The number of allylic oxidation sites excluding steroid dienone is 2. The van der Waals surface area contributed by atoms with E-state index in [0.29, 0.717) is 35.0 Å². The summed E-state index contributed by atoms with van der Waals surface area (Å²) in [4.78, 5) is 15.1. The average Bonchev–Trinajstić information content (AvgIpc) is 3.28. The Kier molecular flexibility index (Phi) is 6.16. The van der Waals surface area contributed by atoms with Crippen LogP contribution in [0, 0.1) is 24.3 Å². The summed E-state index contributed by atoms with van der Waals surface area (Å²) in [5.41, 5.74) is 0.939. The molecule has 1 fully saturated rings. The number of carbonyl (C=O) groups is 1. The normalized spacial score (nSPS) is 25.5. The van der Waals surface area contributed by atoms with Gasteiger partial charge in [-0.15, -0.1) is 0 Å². The minimum atomic E-state index is -0.749. The van der Waals surface area contributed by atoms with E-state index in [1.807, 2.05) is 37.3 Å². The molecule has 1 saturated carbocycles. The molecule has 0 aromatic heterocycles. The molecule has 136 valence electrons.